The van der Waals surface area contributed by atoms with Crippen molar-refractivity contribution < 1.29 is 13.5 Å². The number of rotatable bonds is 6. The highest BCUT2D eigenvalue weighted by molar-refractivity contribution is 5.75. The van der Waals surface area contributed by atoms with Gasteiger partial charge >= 0.3 is 0 Å². The number of nitriles is 1. The maximum absolute atomic E-state index is 14.6. The van der Waals surface area contributed by atoms with Gasteiger partial charge in [-0.3, -0.25) is 4.79 Å². The van der Waals surface area contributed by atoms with E-state index in [4.69, 9.17) is 4.74 Å². The number of halogens is 2. The van der Waals surface area contributed by atoms with Crippen molar-refractivity contribution in [3.8, 4) is 22.9 Å². The molecule has 1 fully saturated rings. The summed E-state index contributed by atoms with van der Waals surface area (Å²) in [5.74, 6) is -1.63. The Hall–Kier alpha value is -3.80. The lowest BCUT2D eigenvalue weighted by atomic mass is 9.99. The summed E-state index contributed by atoms with van der Waals surface area (Å²) in [5.41, 5.74) is -0.293. The van der Waals surface area contributed by atoms with E-state index in [-0.39, 0.29) is 23.0 Å². The van der Waals surface area contributed by atoms with Gasteiger partial charge in [0.1, 0.15) is 11.9 Å². The Labute approximate surface area is 189 Å². The smallest absolute Gasteiger partial charge is 0.259 e. The van der Waals surface area contributed by atoms with Crippen LogP contribution < -0.4 is 15.2 Å². The highest BCUT2D eigenvalue weighted by atomic mass is 19.2. The van der Waals surface area contributed by atoms with E-state index in [9.17, 15) is 18.8 Å². The third-order valence-electron chi connectivity index (χ3n) is 5.64. The SMILES string of the molecule is CCCc1cnc(N2CCC(Oc3cc[nH]c(=O)c3-c3c(C#N)ccc(F)c3F)CC2)nc1. The van der Waals surface area contributed by atoms with E-state index in [0.717, 1.165) is 30.5 Å². The predicted molar refractivity (Wildman–Crippen MR) is 119 cm³/mol. The largest absolute Gasteiger partial charge is 0.489 e. The maximum Gasteiger partial charge on any atom is 0.259 e. The van der Waals surface area contributed by atoms with Gasteiger partial charge in [0.15, 0.2) is 11.6 Å². The molecule has 1 saturated heterocycles. The normalized spacial score (nSPS) is 14.2. The molecule has 7 nitrogen and oxygen atoms in total. The molecule has 3 aromatic rings. The highest BCUT2D eigenvalue weighted by Gasteiger charge is 2.26. The summed E-state index contributed by atoms with van der Waals surface area (Å²) in [7, 11) is 0. The Morgan fingerprint density at radius 1 is 1.18 bits per heavy atom. The van der Waals surface area contributed by atoms with E-state index in [1.54, 1.807) is 0 Å². The molecule has 1 aliphatic rings. The molecule has 0 amide bonds. The van der Waals surface area contributed by atoms with Crippen molar-refractivity contribution >= 4 is 5.95 Å². The van der Waals surface area contributed by atoms with Crippen molar-refractivity contribution in [1.29, 1.82) is 5.26 Å². The van der Waals surface area contributed by atoms with Crippen molar-refractivity contribution in [1.82, 2.24) is 15.0 Å². The van der Waals surface area contributed by atoms with Gasteiger partial charge in [-0.15, -0.1) is 0 Å². The number of hydrogen-bond acceptors (Lipinski definition) is 6. The van der Waals surface area contributed by atoms with Gasteiger partial charge in [0.05, 0.1) is 17.2 Å². The molecule has 0 unspecified atom stereocenters. The molecule has 4 rings (SSSR count). The summed E-state index contributed by atoms with van der Waals surface area (Å²) in [5, 5.41) is 9.37. The predicted octanol–water partition coefficient (Wildman–Crippen LogP) is 3.98. The van der Waals surface area contributed by atoms with Crippen LogP contribution in [0.5, 0.6) is 5.75 Å². The summed E-state index contributed by atoms with van der Waals surface area (Å²) in [6.07, 6.45) is 8.05. The number of pyridine rings is 1. The van der Waals surface area contributed by atoms with Crippen molar-refractivity contribution in [2.45, 2.75) is 38.7 Å². The molecule has 0 spiro atoms. The zero-order chi connectivity index (χ0) is 23.4. The second kappa shape index (κ2) is 9.77. The Bertz CT molecular complexity index is 1230. The number of hydrogen-bond donors (Lipinski definition) is 1. The maximum atomic E-state index is 14.6. The molecule has 1 N–H and O–H groups in total. The molecule has 0 bridgehead atoms. The number of aryl methyl sites for hydroxylation is 1. The summed E-state index contributed by atoms with van der Waals surface area (Å²) < 4.78 is 34.6. The van der Waals surface area contributed by atoms with E-state index in [0.29, 0.717) is 31.9 Å². The van der Waals surface area contributed by atoms with Crippen LogP contribution in [0.1, 0.15) is 37.3 Å². The van der Waals surface area contributed by atoms with Crippen LogP contribution in [0, 0.1) is 23.0 Å². The Morgan fingerprint density at radius 2 is 1.91 bits per heavy atom. The molecule has 170 valence electrons. The van der Waals surface area contributed by atoms with Crippen LogP contribution in [0.25, 0.3) is 11.1 Å². The molecule has 0 radical (unpaired) electrons. The lowest BCUT2D eigenvalue weighted by molar-refractivity contribution is 0.171. The van der Waals surface area contributed by atoms with Gasteiger partial charge in [0.25, 0.3) is 5.56 Å². The molecule has 3 heterocycles. The van der Waals surface area contributed by atoms with Crippen molar-refractivity contribution in [2.24, 2.45) is 0 Å². The van der Waals surface area contributed by atoms with Crippen molar-refractivity contribution in [2.75, 3.05) is 18.0 Å². The highest BCUT2D eigenvalue weighted by Crippen LogP contribution is 2.33. The van der Waals surface area contributed by atoms with Crippen LogP contribution in [0.15, 0.2) is 41.6 Å². The minimum Gasteiger partial charge on any atom is -0.489 e. The van der Waals surface area contributed by atoms with E-state index >= 15 is 0 Å². The number of anilines is 1. The average Bonchev–Trinajstić information content (AvgIpc) is 2.83. The quantitative estimate of drug-likeness (QED) is 0.609. The first-order chi connectivity index (χ1) is 16.0. The Kier molecular flexibility index (Phi) is 6.63. The van der Waals surface area contributed by atoms with Gasteiger partial charge in [-0.05, 0) is 30.2 Å². The zero-order valence-electron chi connectivity index (χ0n) is 18.1. The summed E-state index contributed by atoms with van der Waals surface area (Å²) in [6.45, 7) is 3.40. The van der Waals surface area contributed by atoms with Gasteiger partial charge in [-0.1, -0.05) is 13.3 Å². The van der Waals surface area contributed by atoms with Gasteiger partial charge in [0, 0.05) is 50.1 Å². The van der Waals surface area contributed by atoms with Crippen LogP contribution in [0.3, 0.4) is 0 Å². The van der Waals surface area contributed by atoms with Gasteiger partial charge < -0.3 is 14.6 Å². The molecule has 33 heavy (non-hydrogen) atoms. The van der Waals surface area contributed by atoms with E-state index < -0.39 is 22.8 Å². The first-order valence-corrected chi connectivity index (χ1v) is 10.8. The lowest BCUT2D eigenvalue weighted by Gasteiger charge is -2.32. The Balaban J connectivity index is 1.53. The van der Waals surface area contributed by atoms with Crippen molar-refractivity contribution in [3.63, 3.8) is 0 Å². The Morgan fingerprint density at radius 3 is 2.58 bits per heavy atom. The third kappa shape index (κ3) is 4.70. The standard InChI is InChI=1S/C24H23F2N5O2/c1-2-3-15-13-29-24(30-14-15)31-10-7-17(8-11-31)33-19-6-9-28-23(32)21(19)20-16(12-27)4-5-18(25)22(20)26/h4-6,9,13-14,17H,2-3,7-8,10-11H2,1H3,(H,28,32). The molecule has 2 aromatic heterocycles. The number of aromatic nitrogens is 3. The number of ether oxygens (including phenoxy) is 1. The first-order valence-electron chi connectivity index (χ1n) is 10.8. The van der Waals surface area contributed by atoms with Crippen LogP contribution in [0.4, 0.5) is 14.7 Å². The molecule has 9 heteroatoms. The first kappa shape index (κ1) is 22.4. The summed E-state index contributed by atoms with van der Waals surface area (Å²) in [6, 6.07) is 5.32. The third-order valence-corrected chi connectivity index (χ3v) is 5.64. The minimum absolute atomic E-state index is 0.110. The fourth-order valence-corrected chi connectivity index (χ4v) is 3.97. The number of piperidine rings is 1. The second-order valence-corrected chi connectivity index (χ2v) is 7.89. The average molecular weight is 451 g/mol. The number of nitrogens with one attached hydrogen (secondary N) is 1. The lowest BCUT2D eigenvalue weighted by Crippen LogP contribution is -2.39. The molecular formula is C24H23F2N5O2. The topological polar surface area (TPSA) is 94.9 Å². The fourth-order valence-electron chi connectivity index (χ4n) is 3.97. The van der Waals surface area contributed by atoms with Crippen LogP contribution in [-0.2, 0) is 6.42 Å². The molecule has 1 aliphatic heterocycles. The number of benzene rings is 1. The summed E-state index contributed by atoms with van der Waals surface area (Å²) >= 11 is 0. The zero-order valence-corrected chi connectivity index (χ0v) is 18.1. The van der Waals surface area contributed by atoms with Crippen LogP contribution in [0.2, 0.25) is 0 Å². The van der Waals surface area contributed by atoms with Gasteiger partial charge in [-0.2, -0.15) is 5.26 Å². The van der Waals surface area contributed by atoms with E-state index in [1.165, 1.54) is 12.3 Å². The van der Waals surface area contributed by atoms with E-state index in [1.807, 2.05) is 18.5 Å². The summed E-state index contributed by atoms with van der Waals surface area (Å²) in [4.78, 5) is 26.0. The van der Waals surface area contributed by atoms with Gasteiger partial charge in [-0.25, -0.2) is 18.7 Å². The van der Waals surface area contributed by atoms with Crippen molar-refractivity contribution in [3.05, 3.63) is 69.9 Å². The minimum atomic E-state index is -1.26. The second-order valence-electron chi connectivity index (χ2n) is 7.89. The molecule has 0 aliphatic carbocycles. The monoisotopic (exact) mass is 451 g/mol. The van der Waals surface area contributed by atoms with E-state index in [2.05, 4.69) is 26.8 Å². The van der Waals surface area contributed by atoms with Crippen LogP contribution >= 0.6 is 0 Å². The molecular weight excluding hydrogens is 428 g/mol. The molecule has 0 saturated carbocycles. The fraction of sp³-hybridized carbons (Fsp3) is 0.333. The number of H-pyrrole nitrogens is 1. The van der Waals surface area contributed by atoms with Gasteiger partial charge in [0.2, 0.25) is 5.95 Å². The van der Waals surface area contributed by atoms with Crippen LogP contribution in [-0.4, -0.2) is 34.1 Å². The molecule has 0 atom stereocenters. The number of aromatic amines is 1. The number of nitrogens with zero attached hydrogens (tertiary/aromatic N) is 4. The molecule has 1 aromatic carbocycles.